The highest BCUT2D eigenvalue weighted by Gasteiger charge is 2.09. The van der Waals surface area contributed by atoms with Crippen LogP contribution in [0.1, 0.15) is 10.4 Å². The molecule has 1 aromatic heterocycles. The van der Waals surface area contributed by atoms with E-state index in [-0.39, 0.29) is 18.3 Å². The number of nitrogens with one attached hydrogen (secondary N) is 1. The van der Waals surface area contributed by atoms with Gasteiger partial charge in [-0.1, -0.05) is 22.0 Å². The van der Waals surface area contributed by atoms with Gasteiger partial charge in [0.05, 0.1) is 12.3 Å². The summed E-state index contributed by atoms with van der Waals surface area (Å²) in [6.45, 7) is 2.20. The highest BCUT2D eigenvalue weighted by molar-refractivity contribution is 9.10. The van der Waals surface area contributed by atoms with Crippen molar-refractivity contribution in [2.75, 3.05) is 12.4 Å². The molecule has 0 fully saturated rings. The van der Waals surface area contributed by atoms with Crippen LogP contribution >= 0.6 is 39.0 Å². The number of hydrogen-bond donors (Lipinski definition) is 1. The number of thioether (sulfide) groups is 1. The molecule has 0 unspecified atom stereocenters. The van der Waals surface area contributed by atoms with Crippen molar-refractivity contribution in [1.82, 2.24) is 5.32 Å². The largest absolute Gasteiger partial charge is 0.455 e. The summed E-state index contributed by atoms with van der Waals surface area (Å²) in [5.41, 5.74) is 1.09. The van der Waals surface area contributed by atoms with E-state index in [9.17, 15) is 9.59 Å². The van der Waals surface area contributed by atoms with Crippen LogP contribution in [0.15, 0.2) is 45.1 Å². The molecule has 0 spiro atoms. The third kappa shape index (κ3) is 6.37. The second-order valence-electron chi connectivity index (χ2n) is 4.72. The molecule has 0 radical (unpaired) electrons. The van der Waals surface area contributed by atoms with Gasteiger partial charge in [-0.3, -0.25) is 9.59 Å². The quantitative estimate of drug-likeness (QED) is 0.554. The first-order valence-electron chi connectivity index (χ1n) is 6.88. The summed E-state index contributed by atoms with van der Waals surface area (Å²) >= 11 is 6.37. The molecule has 4 nitrogen and oxygen atoms in total. The average molecular weight is 414 g/mol. The summed E-state index contributed by atoms with van der Waals surface area (Å²) in [6.07, 6.45) is 0. The van der Waals surface area contributed by atoms with Gasteiger partial charge in [-0.05, 0) is 42.1 Å². The summed E-state index contributed by atoms with van der Waals surface area (Å²) in [4.78, 5) is 25.4. The topological polar surface area (TPSA) is 55.4 Å². The molecule has 0 aliphatic carbocycles. The summed E-state index contributed by atoms with van der Waals surface area (Å²) in [5.74, 6) is -0.513. The standard InChI is InChI=1S/C16H16BrNO3S2/c1-11-7-12(17)4-5-14(11)23-10-16(20)21-9-15(19)18-8-13-3-2-6-22-13/h2-7H,8-10H2,1H3,(H,18,19). The molecule has 0 aliphatic rings. The van der Waals surface area contributed by atoms with Gasteiger partial charge >= 0.3 is 5.97 Å². The zero-order chi connectivity index (χ0) is 16.7. The van der Waals surface area contributed by atoms with Crippen molar-refractivity contribution in [3.63, 3.8) is 0 Å². The minimum absolute atomic E-state index is 0.181. The number of amides is 1. The third-order valence-corrected chi connectivity index (χ3v) is 5.41. The predicted octanol–water partition coefficient (Wildman–Crippen LogP) is 3.77. The molecule has 1 N–H and O–H groups in total. The van der Waals surface area contributed by atoms with E-state index >= 15 is 0 Å². The lowest BCUT2D eigenvalue weighted by molar-refractivity contribution is -0.145. The van der Waals surface area contributed by atoms with Gasteiger partial charge in [0.2, 0.25) is 0 Å². The van der Waals surface area contributed by atoms with Crippen molar-refractivity contribution in [3.8, 4) is 0 Å². The Hall–Kier alpha value is -1.31. The first kappa shape index (κ1) is 18.0. The normalized spacial score (nSPS) is 10.3. The van der Waals surface area contributed by atoms with Gasteiger partial charge in [0.15, 0.2) is 6.61 Å². The Morgan fingerprint density at radius 1 is 1.35 bits per heavy atom. The van der Waals surface area contributed by atoms with Gasteiger partial charge in [-0.2, -0.15) is 0 Å². The van der Waals surface area contributed by atoms with Crippen LogP contribution in [0.5, 0.6) is 0 Å². The van der Waals surface area contributed by atoms with Gasteiger partial charge in [0, 0.05) is 14.2 Å². The number of esters is 1. The van der Waals surface area contributed by atoms with Crippen molar-refractivity contribution in [2.24, 2.45) is 0 Å². The molecule has 122 valence electrons. The lowest BCUT2D eigenvalue weighted by atomic mass is 10.2. The number of hydrogen-bond acceptors (Lipinski definition) is 5. The van der Waals surface area contributed by atoms with Crippen LogP contribution in [-0.4, -0.2) is 24.2 Å². The maximum Gasteiger partial charge on any atom is 0.316 e. The lowest BCUT2D eigenvalue weighted by Crippen LogP contribution is -2.28. The summed E-state index contributed by atoms with van der Waals surface area (Å²) in [6, 6.07) is 9.73. The molecule has 1 heterocycles. The number of aryl methyl sites for hydroxylation is 1. The molecule has 0 bridgehead atoms. The molecule has 0 saturated carbocycles. The van der Waals surface area contributed by atoms with Crippen molar-refractivity contribution in [3.05, 3.63) is 50.6 Å². The Morgan fingerprint density at radius 3 is 2.87 bits per heavy atom. The fraction of sp³-hybridized carbons (Fsp3) is 0.250. The van der Waals surface area contributed by atoms with Crippen molar-refractivity contribution >= 4 is 50.9 Å². The van der Waals surface area contributed by atoms with E-state index in [4.69, 9.17) is 4.74 Å². The predicted molar refractivity (Wildman–Crippen MR) is 96.7 cm³/mol. The van der Waals surface area contributed by atoms with Crippen LogP contribution in [0.4, 0.5) is 0 Å². The van der Waals surface area contributed by atoms with Crippen molar-refractivity contribution < 1.29 is 14.3 Å². The average Bonchev–Trinajstić information content (AvgIpc) is 3.03. The number of ether oxygens (including phenoxy) is 1. The Balaban J connectivity index is 1.67. The van der Waals surface area contributed by atoms with E-state index in [0.717, 1.165) is 19.8 Å². The van der Waals surface area contributed by atoms with Gasteiger partial charge in [0.25, 0.3) is 5.91 Å². The monoisotopic (exact) mass is 413 g/mol. The molecular formula is C16H16BrNO3S2. The molecule has 2 rings (SSSR count). The smallest absolute Gasteiger partial charge is 0.316 e. The number of halogens is 1. The van der Waals surface area contributed by atoms with E-state index in [1.807, 2.05) is 42.6 Å². The van der Waals surface area contributed by atoms with Gasteiger partial charge < -0.3 is 10.1 Å². The lowest BCUT2D eigenvalue weighted by Gasteiger charge is -2.07. The van der Waals surface area contributed by atoms with Crippen LogP contribution < -0.4 is 5.32 Å². The Labute approximate surface area is 151 Å². The maximum absolute atomic E-state index is 11.7. The Bertz CT molecular complexity index is 674. The molecule has 2 aromatic rings. The zero-order valence-electron chi connectivity index (χ0n) is 12.5. The van der Waals surface area contributed by atoms with E-state index in [2.05, 4.69) is 21.2 Å². The molecule has 0 aliphatic heterocycles. The van der Waals surface area contributed by atoms with Crippen LogP contribution in [0.25, 0.3) is 0 Å². The number of benzene rings is 1. The van der Waals surface area contributed by atoms with Crippen LogP contribution in [-0.2, 0) is 20.9 Å². The molecular weight excluding hydrogens is 398 g/mol. The number of carbonyl (C=O) groups excluding carboxylic acids is 2. The molecule has 1 aromatic carbocycles. The third-order valence-electron chi connectivity index (χ3n) is 2.89. The first-order valence-corrected chi connectivity index (χ1v) is 9.54. The minimum Gasteiger partial charge on any atom is -0.455 e. The fourth-order valence-electron chi connectivity index (χ4n) is 1.75. The number of thiophene rings is 1. The minimum atomic E-state index is -0.399. The van der Waals surface area contributed by atoms with Crippen molar-refractivity contribution in [1.29, 1.82) is 0 Å². The summed E-state index contributed by atoms with van der Waals surface area (Å²) < 4.78 is 5.99. The maximum atomic E-state index is 11.7. The van der Waals surface area contributed by atoms with Crippen LogP contribution in [0, 0.1) is 6.92 Å². The summed E-state index contributed by atoms with van der Waals surface area (Å²) in [5, 5.41) is 4.66. The van der Waals surface area contributed by atoms with E-state index < -0.39 is 5.97 Å². The number of rotatable bonds is 7. The van der Waals surface area contributed by atoms with E-state index in [1.165, 1.54) is 11.8 Å². The second kappa shape index (κ2) is 9.10. The number of carbonyl (C=O) groups is 2. The van der Waals surface area contributed by atoms with Gasteiger partial charge in [0.1, 0.15) is 0 Å². The van der Waals surface area contributed by atoms with E-state index in [0.29, 0.717) is 6.54 Å². The SMILES string of the molecule is Cc1cc(Br)ccc1SCC(=O)OCC(=O)NCc1cccs1. The Morgan fingerprint density at radius 2 is 2.17 bits per heavy atom. The molecule has 0 atom stereocenters. The van der Waals surface area contributed by atoms with Crippen LogP contribution in [0.3, 0.4) is 0 Å². The first-order chi connectivity index (χ1) is 11.0. The molecule has 23 heavy (non-hydrogen) atoms. The Kier molecular flexibility index (Phi) is 7.14. The van der Waals surface area contributed by atoms with Gasteiger partial charge in [-0.15, -0.1) is 23.1 Å². The van der Waals surface area contributed by atoms with E-state index in [1.54, 1.807) is 11.3 Å². The van der Waals surface area contributed by atoms with Crippen molar-refractivity contribution in [2.45, 2.75) is 18.4 Å². The molecule has 1 amide bonds. The fourth-order valence-corrected chi connectivity index (χ4v) is 3.68. The highest BCUT2D eigenvalue weighted by Crippen LogP contribution is 2.25. The summed E-state index contributed by atoms with van der Waals surface area (Å²) in [7, 11) is 0. The molecule has 0 saturated heterocycles. The van der Waals surface area contributed by atoms with Crippen LogP contribution in [0.2, 0.25) is 0 Å². The zero-order valence-corrected chi connectivity index (χ0v) is 15.7. The van der Waals surface area contributed by atoms with Gasteiger partial charge in [-0.25, -0.2) is 0 Å². The highest BCUT2D eigenvalue weighted by atomic mass is 79.9. The second-order valence-corrected chi connectivity index (χ2v) is 7.68. The molecule has 7 heteroatoms.